The van der Waals surface area contributed by atoms with Crippen molar-refractivity contribution in [2.45, 2.75) is 86.0 Å². The van der Waals surface area contributed by atoms with Crippen LogP contribution in [0.2, 0.25) is 0 Å². The maximum Gasteiger partial charge on any atom is 0.306 e. The first-order chi connectivity index (χ1) is 11.0. The number of carbonyl (C=O) groups excluding carboxylic acids is 1. The number of hydrogen-bond donors (Lipinski definition) is 0. The average Bonchev–Trinajstić information content (AvgIpc) is 2.47. The lowest BCUT2D eigenvalue weighted by Crippen LogP contribution is -2.04. The highest BCUT2D eigenvalue weighted by Crippen LogP contribution is 2.11. The molecule has 0 spiro atoms. The predicted octanol–water partition coefficient (Wildman–Crippen LogP) is 6.53. The standard InChI is InChI=1S/C21H36O2/c1-6-7-8-15-21(22)23-17-16-20(5)14-10-13-19(4)12-9-11-18(2)3/h11,13,16H,6-10,12,14-15,17H2,1-5H3/b19-13-,20-16+. The van der Waals surface area contributed by atoms with E-state index in [9.17, 15) is 4.79 Å². The lowest BCUT2D eigenvalue weighted by atomic mass is 10.1. The molecule has 0 aliphatic carbocycles. The van der Waals surface area contributed by atoms with E-state index in [4.69, 9.17) is 4.74 Å². The fourth-order valence-corrected chi connectivity index (χ4v) is 2.21. The highest BCUT2D eigenvalue weighted by Gasteiger charge is 2.00. The molecule has 0 aromatic heterocycles. The number of rotatable bonds is 12. The van der Waals surface area contributed by atoms with Crippen LogP contribution in [-0.4, -0.2) is 12.6 Å². The van der Waals surface area contributed by atoms with Crippen LogP contribution in [0.5, 0.6) is 0 Å². The van der Waals surface area contributed by atoms with Gasteiger partial charge in [-0.05, 0) is 65.9 Å². The quantitative estimate of drug-likeness (QED) is 0.232. The Morgan fingerprint density at radius 2 is 1.43 bits per heavy atom. The summed E-state index contributed by atoms with van der Waals surface area (Å²) in [4.78, 5) is 11.5. The molecule has 0 atom stereocenters. The number of unbranched alkanes of at least 4 members (excludes halogenated alkanes) is 2. The molecule has 0 unspecified atom stereocenters. The molecule has 0 radical (unpaired) electrons. The summed E-state index contributed by atoms with van der Waals surface area (Å²) < 4.78 is 5.22. The Bertz CT molecular complexity index is 410. The minimum absolute atomic E-state index is 0.0717. The van der Waals surface area contributed by atoms with Gasteiger partial charge in [-0.15, -0.1) is 0 Å². The van der Waals surface area contributed by atoms with E-state index in [0.29, 0.717) is 13.0 Å². The highest BCUT2D eigenvalue weighted by atomic mass is 16.5. The van der Waals surface area contributed by atoms with Gasteiger partial charge in [-0.3, -0.25) is 4.79 Å². The minimum atomic E-state index is -0.0717. The lowest BCUT2D eigenvalue weighted by molar-refractivity contribution is -0.142. The Balaban J connectivity index is 3.85. The summed E-state index contributed by atoms with van der Waals surface area (Å²) in [5.41, 5.74) is 4.14. The van der Waals surface area contributed by atoms with Crippen molar-refractivity contribution in [2.75, 3.05) is 6.61 Å². The largest absolute Gasteiger partial charge is 0.461 e. The molecule has 0 aromatic rings. The van der Waals surface area contributed by atoms with Crippen LogP contribution in [0, 0.1) is 0 Å². The summed E-state index contributed by atoms with van der Waals surface area (Å²) in [7, 11) is 0. The number of allylic oxidation sites excluding steroid dienone is 5. The third-order valence-electron chi connectivity index (χ3n) is 3.78. The van der Waals surface area contributed by atoms with Gasteiger partial charge in [0.25, 0.3) is 0 Å². The number of ether oxygens (including phenoxy) is 1. The molecular formula is C21H36O2. The normalized spacial score (nSPS) is 12.2. The van der Waals surface area contributed by atoms with E-state index >= 15 is 0 Å². The number of hydrogen-bond acceptors (Lipinski definition) is 2. The molecule has 23 heavy (non-hydrogen) atoms. The topological polar surface area (TPSA) is 26.3 Å². The molecule has 0 rings (SSSR count). The zero-order valence-electron chi connectivity index (χ0n) is 15.9. The molecule has 0 aliphatic rings. The first-order valence-corrected chi connectivity index (χ1v) is 9.06. The van der Waals surface area contributed by atoms with Crippen molar-refractivity contribution >= 4 is 5.97 Å². The van der Waals surface area contributed by atoms with Crippen LogP contribution in [0.25, 0.3) is 0 Å². The predicted molar refractivity (Wildman–Crippen MR) is 101 cm³/mol. The Morgan fingerprint density at radius 1 is 0.826 bits per heavy atom. The van der Waals surface area contributed by atoms with Crippen LogP contribution < -0.4 is 0 Å². The van der Waals surface area contributed by atoms with Crippen molar-refractivity contribution in [3.8, 4) is 0 Å². The molecule has 0 aromatic carbocycles. The fourth-order valence-electron chi connectivity index (χ4n) is 2.21. The molecule has 0 fully saturated rings. The summed E-state index contributed by atoms with van der Waals surface area (Å²) in [6.07, 6.45) is 14.7. The average molecular weight is 321 g/mol. The van der Waals surface area contributed by atoms with Gasteiger partial charge >= 0.3 is 5.97 Å². The van der Waals surface area contributed by atoms with E-state index in [1.165, 1.54) is 16.7 Å². The van der Waals surface area contributed by atoms with Gasteiger partial charge in [0.05, 0.1) is 0 Å². The second kappa shape index (κ2) is 14.3. The van der Waals surface area contributed by atoms with E-state index in [2.05, 4.69) is 46.8 Å². The molecule has 0 heterocycles. The smallest absolute Gasteiger partial charge is 0.306 e. The molecule has 2 heteroatoms. The molecule has 0 aliphatic heterocycles. The van der Waals surface area contributed by atoms with Crippen molar-refractivity contribution < 1.29 is 9.53 Å². The monoisotopic (exact) mass is 320 g/mol. The summed E-state index contributed by atoms with van der Waals surface area (Å²) in [5.74, 6) is -0.0717. The molecule has 132 valence electrons. The van der Waals surface area contributed by atoms with Crippen LogP contribution in [0.1, 0.15) is 86.0 Å². The van der Waals surface area contributed by atoms with Gasteiger partial charge in [-0.25, -0.2) is 0 Å². The molecule has 0 saturated carbocycles. The molecular weight excluding hydrogens is 284 g/mol. The van der Waals surface area contributed by atoms with Crippen LogP contribution in [0.15, 0.2) is 34.9 Å². The van der Waals surface area contributed by atoms with E-state index in [-0.39, 0.29) is 5.97 Å². The Labute approximate surface area is 143 Å². The number of carbonyl (C=O) groups is 1. The van der Waals surface area contributed by atoms with Crippen LogP contribution in [-0.2, 0) is 9.53 Å². The first kappa shape index (κ1) is 21.7. The Hall–Kier alpha value is -1.31. The van der Waals surface area contributed by atoms with Crippen LogP contribution >= 0.6 is 0 Å². The fraction of sp³-hybridized carbons (Fsp3) is 0.667. The van der Waals surface area contributed by atoms with Gasteiger partial charge in [0.15, 0.2) is 0 Å². The van der Waals surface area contributed by atoms with Gasteiger partial charge in [0.2, 0.25) is 0 Å². The summed E-state index contributed by atoms with van der Waals surface area (Å²) >= 11 is 0. The van der Waals surface area contributed by atoms with Gasteiger partial charge in [0.1, 0.15) is 6.61 Å². The van der Waals surface area contributed by atoms with E-state index < -0.39 is 0 Å². The van der Waals surface area contributed by atoms with Crippen molar-refractivity contribution in [2.24, 2.45) is 0 Å². The second-order valence-corrected chi connectivity index (χ2v) is 6.60. The molecule has 2 nitrogen and oxygen atoms in total. The maximum absolute atomic E-state index is 11.5. The minimum Gasteiger partial charge on any atom is -0.461 e. The van der Waals surface area contributed by atoms with Gasteiger partial charge in [-0.2, -0.15) is 0 Å². The first-order valence-electron chi connectivity index (χ1n) is 9.06. The zero-order valence-corrected chi connectivity index (χ0v) is 15.9. The molecule has 0 saturated heterocycles. The van der Waals surface area contributed by atoms with Gasteiger partial charge in [-0.1, -0.05) is 48.6 Å². The van der Waals surface area contributed by atoms with Crippen molar-refractivity contribution in [1.29, 1.82) is 0 Å². The van der Waals surface area contributed by atoms with Crippen molar-refractivity contribution in [3.63, 3.8) is 0 Å². The summed E-state index contributed by atoms with van der Waals surface area (Å²) in [6.45, 7) is 11.1. The lowest BCUT2D eigenvalue weighted by Gasteiger charge is -2.04. The zero-order chi connectivity index (χ0) is 17.5. The van der Waals surface area contributed by atoms with Crippen LogP contribution in [0.3, 0.4) is 0 Å². The van der Waals surface area contributed by atoms with E-state index in [1.54, 1.807) is 0 Å². The van der Waals surface area contributed by atoms with E-state index in [1.807, 2.05) is 6.08 Å². The maximum atomic E-state index is 11.5. The van der Waals surface area contributed by atoms with Crippen LogP contribution in [0.4, 0.5) is 0 Å². The van der Waals surface area contributed by atoms with Crippen molar-refractivity contribution in [1.82, 2.24) is 0 Å². The molecule has 0 N–H and O–H groups in total. The Morgan fingerprint density at radius 3 is 2.04 bits per heavy atom. The Kier molecular flexibility index (Phi) is 13.5. The summed E-state index contributed by atoms with van der Waals surface area (Å²) in [6, 6.07) is 0. The molecule has 0 bridgehead atoms. The second-order valence-electron chi connectivity index (χ2n) is 6.60. The van der Waals surface area contributed by atoms with Gasteiger partial charge < -0.3 is 4.74 Å². The van der Waals surface area contributed by atoms with Crippen molar-refractivity contribution in [3.05, 3.63) is 34.9 Å². The SMILES string of the molecule is CCCCCC(=O)OC/C=C(\C)CC/C=C(/C)CCC=C(C)C. The third kappa shape index (κ3) is 15.4. The molecule has 0 amide bonds. The third-order valence-corrected chi connectivity index (χ3v) is 3.78. The highest BCUT2D eigenvalue weighted by molar-refractivity contribution is 5.69. The summed E-state index contributed by atoms with van der Waals surface area (Å²) in [5, 5.41) is 0. The number of esters is 1. The van der Waals surface area contributed by atoms with Gasteiger partial charge in [0, 0.05) is 6.42 Å². The van der Waals surface area contributed by atoms with E-state index in [0.717, 1.165) is 44.9 Å².